The molecule has 1 fully saturated rings. The molecule has 1 aromatic heterocycles. The van der Waals surface area contributed by atoms with Gasteiger partial charge in [0.25, 0.3) is 0 Å². The summed E-state index contributed by atoms with van der Waals surface area (Å²) in [6, 6.07) is 0. The Morgan fingerprint density at radius 1 is 1.26 bits per heavy atom. The van der Waals surface area contributed by atoms with Crippen LogP contribution >= 0.6 is 23.4 Å². The van der Waals surface area contributed by atoms with Crippen LogP contribution in [0.2, 0.25) is 5.15 Å². The van der Waals surface area contributed by atoms with Crippen molar-refractivity contribution in [3.05, 3.63) is 16.5 Å². The molecule has 1 aromatic rings. The predicted molar refractivity (Wildman–Crippen MR) is 84.5 cm³/mol. The molecule has 1 saturated heterocycles. The first kappa shape index (κ1) is 14.9. The molecule has 0 saturated carbocycles. The van der Waals surface area contributed by atoms with Gasteiger partial charge in [-0.3, -0.25) is 0 Å². The smallest absolute Gasteiger partial charge is 0.137 e. The molecule has 5 heteroatoms. The number of thioether (sulfide) groups is 1. The number of nitrogens with zero attached hydrogens (tertiary/aromatic N) is 3. The zero-order chi connectivity index (χ0) is 14.0. The highest BCUT2D eigenvalue weighted by Crippen LogP contribution is 2.31. The van der Waals surface area contributed by atoms with Gasteiger partial charge in [-0.25, -0.2) is 9.97 Å². The second-order valence-electron chi connectivity index (χ2n) is 5.29. The Bertz CT molecular complexity index is 443. The lowest BCUT2D eigenvalue weighted by molar-refractivity contribution is 0.706. The topological polar surface area (TPSA) is 29.0 Å². The van der Waals surface area contributed by atoms with Gasteiger partial charge < -0.3 is 4.90 Å². The lowest BCUT2D eigenvalue weighted by Crippen LogP contribution is -2.41. The monoisotopic (exact) mass is 299 g/mol. The highest BCUT2D eigenvalue weighted by molar-refractivity contribution is 8.00. The minimum atomic E-state index is 0.604. The minimum Gasteiger partial charge on any atom is -0.354 e. The molecule has 19 heavy (non-hydrogen) atoms. The van der Waals surface area contributed by atoms with Crippen LogP contribution in [0.3, 0.4) is 0 Å². The van der Waals surface area contributed by atoms with Crippen molar-refractivity contribution in [1.29, 1.82) is 0 Å². The quantitative estimate of drug-likeness (QED) is 0.796. The van der Waals surface area contributed by atoms with Crippen molar-refractivity contribution in [2.24, 2.45) is 0 Å². The third kappa shape index (κ3) is 3.54. The summed E-state index contributed by atoms with van der Waals surface area (Å²) in [4.78, 5) is 11.5. The summed E-state index contributed by atoms with van der Waals surface area (Å²) in [6.45, 7) is 10.8. The van der Waals surface area contributed by atoms with E-state index in [1.165, 1.54) is 0 Å². The van der Waals surface area contributed by atoms with E-state index in [2.05, 4.69) is 30.7 Å². The average Bonchev–Trinajstić information content (AvgIpc) is 2.32. The van der Waals surface area contributed by atoms with Gasteiger partial charge in [0.15, 0.2) is 0 Å². The van der Waals surface area contributed by atoms with Gasteiger partial charge >= 0.3 is 0 Å². The SMILES string of the molecule is CCCc1nc(Cl)c(C)c(N2CC(C)SC(C)C2)n1. The van der Waals surface area contributed by atoms with Crippen LogP contribution in [0.5, 0.6) is 0 Å². The first-order valence-electron chi connectivity index (χ1n) is 6.94. The maximum absolute atomic E-state index is 6.26. The molecule has 0 amide bonds. The van der Waals surface area contributed by atoms with Gasteiger partial charge in [-0.15, -0.1) is 0 Å². The van der Waals surface area contributed by atoms with E-state index in [-0.39, 0.29) is 0 Å². The van der Waals surface area contributed by atoms with Crippen molar-refractivity contribution < 1.29 is 0 Å². The van der Waals surface area contributed by atoms with Crippen LogP contribution in [0, 0.1) is 6.92 Å². The van der Waals surface area contributed by atoms with E-state index >= 15 is 0 Å². The summed E-state index contributed by atoms with van der Waals surface area (Å²) in [7, 11) is 0. The molecule has 0 aromatic carbocycles. The van der Waals surface area contributed by atoms with Gasteiger partial charge in [-0.2, -0.15) is 11.8 Å². The third-order valence-electron chi connectivity index (χ3n) is 3.30. The van der Waals surface area contributed by atoms with E-state index in [9.17, 15) is 0 Å². The molecule has 0 spiro atoms. The van der Waals surface area contributed by atoms with Crippen molar-refractivity contribution >= 4 is 29.2 Å². The molecule has 1 aliphatic rings. The summed E-state index contributed by atoms with van der Waals surface area (Å²) in [6.07, 6.45) is 1.93. The second kappa shape index (κ2) is 6.31. The summed E-state index contributed by atoms with van der Waals surface area (Å²) >= 11 is 8.31. The summed E-state index contributed by atoms with van der Waals surface area (Å²) < 4.78 is 0. The number of hydrogen-bond donors (Lipinski definition) is 0. The summed E-state index contributed by atoms with van der Waals surface area (Å²) in [5, 5.41) is 1.87. The molecule has 2 rings (SSSR count). The number of halogens is 1. The first-order chi connectivity index (χ1) is 9.01. The van der Waals surface area contributed by atoms with Crippen molar-refractivity contribution in [1.82, 2.24) is 9.97 Å². The number of anilines is 1. The fourth-order valence-electron chi connectivity index (χ4n) is 2.51. The molecule has 0 aliphatic carbocycles. The Morgan fingerprint density at radius 2 is 1.89 bits per heavy atom. The van der Waals surface area contributed by atoms with Gasteiger partial charge in [-0.1, -0.05) is 32.4 Å². The molecule has 3 nitrogen and oxygen atoms in total. The van der Waals surface area contributed by atoms with E-state index in [1.807, 2.05) is 18.7 Å². The Labute approximate surface area is 125 Å². The van der Waals surface area contributed by atoms with Crippen molar-refractivity contribution in [3.63, 3.8) is 0 Å². The molecule has 0 radical (unpaired) electrons. The zero-order valence-corrected chi connectivity index (χ0v) is 13.7. The van der Waals surface area contributed by atoms with E-state index in [0.717, 1.165) is 43.1 Å². The second-order valence-corrected chi connectivity index (χ2v) is 7.53. The van der Waals surface area contributed by atoms with E-state index in [0.29, 0.717) is 15.7 Å². The molecule has 2 heterocycles. The summed E-state index contributed by atoms with van der Waals surface area (Å²) in [5.41, 5.74) is 1.01. The number of rotatable bonds is 3. The largest absolute Gasteiger partial charge is 0.354 e. The van der Waals surface area contributed by atoms with Crippen LogP contribution in [0.25, 0.3) is 0 Å². The Kier molecular flexibility index (Phi) is 4.96. The van der Waals surface area contributed by atoms with E-state index in [4.69, 9.17) is 16.6 Å². The number of aryl methyl sites for hydroxylation is 1. The molecular formula is C14H22ClN3S. The maximum Gasteiger partial charge on any atom is 0.137 e. The van der Waals surface area contributed by atoms with E-state index in [1.54, 1.807) is 0 Å². The van der Waals surface area contributed by atoms with Gasteiger partial charge in [0, 0.05) is 35.6 Å². The fourth-order valence-corrected chi connectivity index (χ4v) is 4.02. The molecule has 0 bridgehead atoms. The first-order valence-corrected chi connectivity index (χ1v) is 8.26. The summed E-state index contributed by atoms with van der Waals surface area (Å²) in [5.74, 6) is 1.90. The van der Waals surface area contributed by atoms with Crippen LogP contribution < -0.4 is 4.90 Å². The van der Waals surface area contributed by atoms with Crippen LogP contribution in [-0.4, -0.2) is 33.6 Å². The van der Waals surface area contributed by atoms with Gasteiger partial charge in [-0.05, 0) is 13.3 Å². The molecule has 2 unspecified atom stereocenters. The number of aromatic nitrogens is 2. The maximum atomic E-state index is 6.26. The van der Waals surface area contributed by atoms with Crippen molar-refractivity contribution in [3.8, 4) is 0 Å². The lowest BCUT2D eigenvalue weighted by Gasteiger charge is -2.36. The standard InChI is InChI=1S/C14H22ClN3S/c1-5-6-12-16-13(15)11(4)14(17-12)18-7-9(2)19-10(3)8-18/h9-10H,5-8H2,1-4H3. The Morgan fingerprint density at radius 3 is 2.47 bits per heavy atom. The molecular weight excluding hydrogens is 278 g/mol. The normalized spacial score (nSPS) is 23.7. The number of hydrogen-bond acceptors (Lipinski definition) is 4. The third-order valence-corrected chi connectivity index (χ3v) is 4.90. The Balaban J connectivity index is 2.31. The van der Waals surface area contributed by atoms with Crippen molar-refractivity contribution in [2.45, 2.75) is 51.0 Å². The minimum absolute atomic E-state index is 0.604. The molecule has 0 N–H and O–H groups in total. The zero-order valence-electron chi connectivity index (χ0n) is 12.1. The predicted octanol–water partition coefficient (Wildman–Crippen LogP) is 3.72. The highest BCUT2D eigenvalue weighted by Gasteiger charge is 2.25. The van der Waals surface area contributed by atoms with Crippen LogP contribution in [0.1, 0.15) is 38.6 Å². The van der Waals surface area contributed by atoms with E-state index < -0.39 is 0 Å². The van der Waals surface area contributed by atoms with Crippen molar-refractivity contribution in [2.75, 3.05) is 18.0 Å². The van der Waals surface area contributed by atoms with Gasteiger partial charge in [0.05, 0.1) is 0 Å². The lowest BCUT2D eigenvalue weighted by atomic mass is 10.2. The molecule has 2 atom stereocenters. The highest BCUT2D eigenvalue weighted by atomic mass is 35.5. The van der Waals surface area contributed by atoms with Crippen LogP contribution in [0.15, 0.2) is 0 Å². The average molecular weight is 300 g/mol. The van der Waals surface area contributed by atoms with Gasteiger partial charge in [0.1, 0.15) is 16.8 Å². The fraction of sp³-hybridized carbons (Fsp3) is 0.714. The van der Waals surface area contributed by atoms with Gasteiger partial charge in [0.2, 0.25) is 0 Å². The molecule has 106 valence electrons. The Hall–Kier alpha value is -0.480. The molecule has 1 aliphatic heterocycles. The van der Waals surface area contributed by atoms with Crippen LogP contribution in [-0.2, 0) is 6.42 Å². The van der Waals surface area contributed by atoms with Crippen LogP contribution in [0.4, 0.5) is 5.82 Å².